The average molecular weight is 433 g/mol. The fourth-order valence-corrected chi connectivity index (χ4v) is 5.79. The van der Waals surface area contributed by atoms with Crippen LogP contribution in [0.4, 0.5) is 0 Å². The average Bonchev–Trinajstić information content (AvgIpc) is 3.14. The van der Waals surface area contributed by atoms with Gasteiger partial charge in [0, 0.05) is 32.4 Å². The van der Waals surface area contributed by atoms with Gasteiger partial charge in [-0.05, 0) is 25.0 Å². The number of carbonyl (C=O) groups excluding carboxylic acids is 2. The van der Waals surface area contributed by atoms with E-state index in [0.29, 0.717) is 49.6 Å². The summed E-state index contributed by atoms with van der Waals surface area (Å²) in [7, 11) is -3.50. The monoisotopic (exact) mass is 432 g/mol. The van der Waals surface area contributed by atoms with E-state index in [1.54, 1.807) is 28.0 Å². The first-order valence-electron chi connectivity index (χ1n) is 8.90. The van der Waals surface area contributed by atoms with Crippen molar-refractivity contribution in [3.8, 4) is 0 Å². The summed E-state index contributed by atoms with van der Waals surface area (Å²) in [4.78, 5) is 28.9. The highest BCUT2D eigenvalue weighted by Crippen LogP contribution is 2.38. The van der Waals surface area contributed by atoms with E-state index in [1.807, 2.05) is 0 Å². The van der Waals surface area contributed by atoms with E-state index in [2.05, 4.69) is 0 Å². The third kappa shape index (κ3) is 3.69. The summed E-state index contributed by atoms with van der Waals surface area (Å²) in [5.41, 5.74) is 0.326. The molecule has 2 aliphatic rings. The number of sulfone groups is 1. The van der Waals surface area contributed by atoms with Gasteiger partial charge in [-0.1, -0.05) is 42.1 Å². The van der Waals surface area contributed by atoms with Gasteiger partial charge in [0.15, 0.2) is 14.6 Å². The third-order valence-electron chi connectivity index (χ3n) is 5.55. The first-order valence-corrected chi connectivity index (χ1v) is 11.5. The summed E-state index contributed by atoms with van der Waals surface area (Å²) in [5.74, 6) is -0.566. The lowest BCUT2D eigenvalue weighted by atomic mass is 10.0. The normalized spacial score (nSPS) is 20.0. The number of piperazine rings is 1. The molecule has 0 unspecified atom stereocenters. The summed E-state index contributed by atoms with van der Waals surface area (Å²) in [6.45, 7) is 1.26. The Morgan fingerprint density at radius 2 is 1.56 bits per heavy atom. The molecule has 0 radical (unpaired) electrons. The third-order valence-corrected chi connectivity index (χ3v) is 8.37. The second kappa shape index (κ2) is 7.60. The Hall–Kier alpha value is -1.31. The number of rotatable bonds is 3. The Kier molecular flexibility index (Phi) is 5.75. The van der Waals surface area contributed by atoms with E-state index in [0.717, 1.165) is 19.1 Å². The van der Waals surface area contributed by atoms with Crippen LogP contribution < -0.4 is 0 Å². The summed E-state index contributed by atoms with van der Waals surface area (Å²) < 4.78 is 23.4. The second-order valence-corrected chi connectivity index (χ2v) is 10.3. The molecule has 1 saturated heterocycles. The number of halogens is 2. The summed E-state index contributed by atoms with van der Waals surface area (Å²) >= 11 is 12.1. The van der Waals surface area contributed by atoms with Crippen LogP contribution in [0.15, 0.2) is 18.2 Å². The molecule has 0 N–H and O–H groups in total. The molecular weight excluding hydrogens is 411 g/mol. The Morgan fingerprint density at radius 1 is 1.00 bits per heavy atom. The fraction of sp³-hybridized carbons (Fsp3) is 0.556. The van der Waals surface area contributed by atoms with Crippen molar-refractivity contribution in [2.75, 3.05) is 32.4 Å². The molecule has 1 aromatic carbocycles. The molecule has 0 aromatic heterocycles. The van der Waals surface area contributed by atoms with Crippen LogP contribution in [0.3, 0.4) is 0 Å². The fourth-order valence-electron chi connectivity index (χ4n) is 3.93. The molecule has 1 aliphatic heterocycles. The van der Waals surface area contributed by atoms with Crippen molar-refractivity contribution in [2.24, 2.45) is 0 Å². The maximum absolute atomic E-state index is 13.0. The van der Waals surface area contributed by atoms with Crippen molar-refractivity contribution in [3.63, 3.8) is 0 Å². The van der Waals surface area contributed by atoms with Crippen LogP contribution in [-0.2, 0) is 14.6 Å². The minimum absolute atomic E-state index is 0.213. The smallest absolute Gasteiger partial charge is 0.255 e. The minimum Gasteiger partial charge on any atom is -0.338 e. The van der Waals surface area contributed by atoms with Gasteiger partial charge in [0.1, 0.15) is 0 Å². The zero-order chi connectivity index (χ0) is 19.8. The predicted octanol–water partition coefficient (Wildman–Crippen LogP) is 2.64. The van der Waals surface area contributed by atoms with Crippen LogP contribution in [-0.4, -0.2) is 67.2 Å². The molecular formula is C18H22Cl2N2O4S. The van der Waals surface area contributed by atoms with E-state index >= 15 is 0 Å². The summed E-state index contributed by atoms with van der Waals surface area (Å²) in [6.07, 6.45) is 3.38. The van der Waals surface area contributed by atoms with Crippen LogP contribution in [0.1, 0.15) is 36.0 Å². The van der Waals surface area contributed by atoms with E-state index < -0.39 is 14.6 Å². The molecule has 27 heavy (non-hydrogen) atoms. The maximum atomic E-state index is 13.0. The SMILES string of the molecule is CS(=O)(=O)C1(C(=O)N2CCN(C(=O)c3cccc(Cl)c3Cl)CC2)CCCC1. The molecule has 2 amide bonds. The molecule has 0 spiro atoms. The van der Waals surface area contributed by atoms with E-state index in [4.69, 9.17) is 23.2 Å². The lowest BCUT2D eigenvalue weighted by molar-refractivity contribution is -0.135. The van der Waals surface area contributed by atoms with Crippen LogP contribution in [0, 0.1) is 0 Å². The Bertz CT molecular complexity index is 858. The minimum atomic E-state index is -3.50. The second-order valence-electron chi connectivity index (χ2n) is 7.16. The molecule has 6 nitrogen and oxygen atoms in total. The number of amides is 2. The zero-order valence-corrected chi connectivity index (χ0v) is 17.4. The van der Waals surface area contributed by atoms with Crippen molar-refractivity contribution >= 4 is 44.9 Å². The van der Waals surface area contributed by atoms with Gasteiger partial charge in [-0.25, -0.2) is 8.42 Å². The molecule has 2 fully saturated rings. The quantitative estimate of drug-likeness (QED) is 0.735. The van der Waals surface area contributed by atoms with Gasteiger partial charge in [-0.2, -0.15) is 0 Å². The van der Waals surface area contributed by atoms with Gasteiger partial charge in [-0.3, -0.25) is 9.59 Å². The molecule has 3 rings (SSSR count). The van der Waals surface area contributed by atoms with Crippen LogP contribution in [0.25, 0.3) is 0 Å². The summed E-state index contributed by atoms with van der Waals surface area (Å²) in [6, 6.07) is 4.89. The van der Waals surface area contributed by atoms with Crippen LogP contribution in [0.5, 0.6) is 0 Å². The molecule has 1 heterocycles. The van der Waals surface area contributed by atoms with E-state index in [-0.39, 0.29) is 16.8 Å². The van der Waals surface area contributed by atoms with Gasteiger partial charge in [0.05, 0.1) is 15.6 Å². The summed E-state index contributed by atoms with van der Waals surface area (Å²) in [5, 5.41) is 0.525. The van der Waals surface area contributed by atoms with E-state index in [9.17, 15) is 18.0 Å². The van der Waals surface area contributed by atoms with Gasteiger partial charge in [0.2, 0.25) is 5.91 Å². The molecule has 148 valence electrons. The highest BCUT2D eigenvalue weighted by atomic mass is 35.5. The van der Waals surface area contributed by atoms with Crippen molar-refractivity contribution in [1.82, 2.24) is 9.80 Å². The first-order chi connectivity index (χ1) is 12.7. The highest BCUT2D eigenvalue weighted by Gasteiger charge is 2.52. The maximum Gasteiger partial charge on any atom is 0.255 e. The van der Waals surface area contributed by atoms with Crippen molar-refractivity contribution in [1.29, 1.82) is 0 Å². The highest BCUT2D eigenvalue weighted by molar-refractivity contribution is 7.92. The van der Waals surface area contributed by atoms with Gasteiger partial charge < -0.3 is 9.80 Å². The predicted molar refractivity (Wildman–Crippen MR) is 105 cm³/mol. The standard InChI is InChI=1S/C18H22Cl2N2O4S/c1-27(25,26)18(7-2-3-8-18)17(24)22-11-9-21(10-12-22)16(23)13-5-4-6-14(19)15(13)20/h4-6H,2-3,7-12H2,1H3. The van der Waals surface area contributed by atoms with Crippen molar-refractivity contribution < 1.29 is 18.0 Å². The molecule has 1 saturated carbocycles. The van der Waals surface area contributed by atoms with Gasteiger partial charge >= 0.3 is 0 Å². The van der Waals surface area contributed by atoms with Gasteiger partial charge in [0.25, 0.3) is 5.91 Å². The Balaban J connectivity index is 1.71. The van der Waals surface area contributed by atoms with Crippen molar-refractivity contribution in [3.05, 3.63) is 33.8 Å². The molecule has 0 bridgehead atoms. The Morgan fingerprint density at radius 3 is 2.11 bits per heavy atom. The molecule has 1 aromatic rings. The lowest BCUT2D eigenvalue weighted by Crippen LogP contribution is -2.58. The topological polar surface area (TPSA) is 74.8 Å². The van der Waals surface area contributed by atoms with Crippen molar-refractivity contribution in [2.45, 2.75) is 30.4 Å². The largest absolute Gasteiger partial charge is 0.338 e. The number of hydrogen-bond acceptors (Lipinski definition) is 4. The van der Waals surface area contributed by atoms with Crippen LogP contribution in [0.2, 0.25) is 10.0 Å². The molecule has 0 atom stereocenters. The van der Waals surface area contributed by atoms with Gasteiger partial charge in [-0.15, -0.1) is 0 Å². The number of hydrogen-bond donors (Lipinski definition) is 0. The zero-order valence-electron chi connectivity index (χ0n) is 15.1. The molecule has 1 aliphatic carbocycles. The number of carbonyl (C=O) groups is 2. The van der Waals surface area contributed by atoms with E-state index in [1.165, 1.54) is 0 Å². The number of nitrogens with zero attached hydrogens (tertiary/aromatic N) is 2. The Labute approximate surface area is 169 Å². The molecule has 9 heteroatoms. The number of benzene rings is 1. The first kappa shape index (κ1) is 20.4. The van der Waals surface area contributed by atoms with Crippen LogP contribution >= 0.6 is 23.2 Å². The lowest BCUT2D eigenvalue weighted by Gasteiger charge is -2.39.